The number of hydrogen-bond donors (Lipinski definition) is 1. The average Bonchev–Trinajstić information content (AvgIpc) is 2.67. The van der Waals surface area contributed by atoms with Gasteiger partial charge in [0.15, 0.2) is 0 Å². The Morgan fingerprint density at radius 3 is 3.06 bits per heavy atom. The number of carbonyl (C=O) groups excluding carboxylic acids is 2. The molecule has 6 heteroatoms. The van der Waals surface area contributed by atoms with E-state index in [1.165, 1.54) is 4.90 Å². The van der Waals surface area contributed by atoms with Crippen LogP contribution in [-0.4, -0.2) is 56.9 Å². The Kier molecular flexibility index (Phi) is 5.63. The molecule has 2 amide bonds. The summed E-state index contributed by atoms with van der Waals surface area (Å²) >= 11 is 0. The van der Waals surface area contributed by atoms with Crippen LogP contribution >= 0.6 is 0 Å². The largest absolute Gasteiger partial charge is 0.448 e. The van der Waals surface area contributed by atoms with E-state index in [4.69, 9.17) is 9.47 Å². The maximum atomic E-state index is 11.3. The molecule has 0 aromatic rings. The lowest BCUT2D eigenvalue weighted by Gasteiger charge is -2.11. The first-order valence-corrected chi connectivity index (χ1v) is 5.41. The second-order valence-corrected chi connectivity index (χ2v) is 3.55. The minimum Gasteiger partial charge on any atom is -0.448 e. The van der Waals surface area contributed by atoms with Gasteiger partial charge in [-0.25, -0.2) is 4.79 Å². The van der Waals surface area contributed by atoms with Gasteiger partial charge < -0.3 is 19.7 Å². The third-order valence-electron chi connectivity index (χ3n) is 2.30. The first-order valence-electron chi connectivity index (χ1n) is 5.41. The number of hydrogen-bond acceptors (Lipinski definition) is 4. The number of nitrogens with one attached hydrogen (secondary N) is 1. The van der Waals surface area contributed by atoms with Gasteiger partial charge >= 0.3 is 6.09 Å². The summed E-state index contributed by atoms with van der Waals surface area (Å²) in [6, 6.07) is 0. The molecule has 0 aliphatic carbocycles. The van der Waals surface area contributed by atoms with E-state index in [-0.39, 0.29) is 12.0 Å². The molecular formula is C10H18N2O4. The van der Waals surface area contributed by atoms with Gasteiger partial charge in [-0.2, -0.15) is 0 Å². The molecule has 0 aromatic carbocycles. The molecule has 0 aromatic heterocycles. The SMILES string of the molecule is COCCCNC(=O)CCN1CCOC1=O. The van der Waals surface area contributed by atoms with Gasteiger partial charge in [0.25, 0.3) is 0 Å². The van der Waals surface area contributed by atoms with E-state index >= 15 is 0 Å². The van der Waals surface area contributed by atoms with Crippen molar-refractivity contribution in [2.75, 3.05) is 40.0 Å². The lowest BCUT2D eigenvalue weighted by Crippen LogP contribution is -2.32. The monoisotopic (exact) mass is 230 g/mol. The van der Waals surface area contributed by atoms with Crippen LogP contribution < -0.4 is 5.32 Å². The van der Waals surface area contributed by atoms with Crippen LogP contribution in [0.5, 0.6) is 0 Å². The van der Waals surface area contributed by atoms with Gasteiger partial charge in [-0.3, -0.25) is 4.79 Å². The highest BCUT2D eigenvalue weighted by Crippen LogP contribution is 2.03. The summed E-state index contributed by atoms with van der Waals surface area (Å²) in [6.45, 7) is 2.68. The number of methoxy groups -OCH3 is 1. The molecule has 92 valence electrons. The number of rotatable bonds is 7. The van der Waals surface area contributed by atoms with E-state index in [0.717, 1.165) is 6.42 Å². The van der Waals surface area contributed by atoms with Gasteiger partial charge in [0, 0.05) is 33.2 Å². The van der Waals surface area contributed by atoms with Crippen LogP contribution in [0, 0.1) is 0 Å². The minimum absolute atomic E-state index is 0.0456. The topological polar surface area (TPSA) is 67.9 Å². The standard InChI is InChI=1S/C10H18N2O4/c1-15-7-2-4-11-9(13)3-5-12-6-8-16-10(12)14/h2-8H2,1H3,(H,11,13). The van der Waals surface area contributed by atoms with Gasteiger partial charge in [-0.1, -0.05) is 0 Å². The zero-order valence-corrected chi connectivity index (χ0v) is 9.53. The molecule has 0 saturated carbocycles. The zero-order valence-electron chi connectivity index (χ0n) is 9.53. The van der Waals surface area contributed by atoms with Gasteiger partial charge in [0.05, 0.1) is 6.54 Å². The van der Waals surface area contributed by atoms with Crippen molar-refractivity contribution in [3.63, 3.8) is 0 Å². The van der Waals surface area contributed by atoms with E-state index in [1.54, 1.807) is 7.11 Å². The van der Waals surface area contributed by atoms with E-state index in [2.05, 4.69) is 5.32 Å². The van der Waals surface area contributed by atoms with Crippen molar-refractivity contribution in [2.45, 2.75) is 12.8 Å². The maximum absolute atomic E-state index is 11.3. The summed E-state index contributed by atoms with van der Waals surface area (Å²) in [5.41, 5.74) is 0. The fourth-order valence-corrected chi connectivity index (χ4v) is 1.40. The van der Waals surface area contributed by atoms with Crippen molar-refractivity contribution in [3.05, 3.63) is 0 Å². The number of ether oxygens (including phenoxy) is 2. The van der Waals surface area contributed by atoms with E-state index in [1.807, 2.05) is 0 Å². The molecule has 1 rings (SSSR count). The second kappa shape index (κ2) is 7.05. The molecule has 1 aliphatic heterocycles. The smallest absolute Gasteiger partial charge is 0.409 e. The zero-order chi connectivity index (χ0) is 11.8. The van der Waals surface area contributed by atoms with Crippen LogP contribution in [0.1, 0.15) is 12.8 Å². The summed E-state index contributed by atoms with van der Waals surface area (Å²) < 4.78 is 9.61. The summed E-state index contributed by atoms with van der Waals surface area (Å²) in [7, 11) is 1.63. The number of carbonyl (C=O) groups is 2. The van der Waals surface area contributed by atoms with Crippen LogP contribution in [0.25, 0.3) is 0 Å². The number of nitrogens with zero attached hydrogens (tertiary/aromatic N) is 1. The molecule has 1 aliphatic rings. The lowest BCUT2D eigenvalue weighted by atomic mass is 10.3. The van der Waals surface area contributed by atoms with Gasteiger partial charge in [-0.15, -0.1) is 0 Å². The second-order valence-electron chi connectivity index (χ2n) is 3.55. The molecule has 6 nitrogen and oxygen atoms in total. The number of cyclic esters (lactones) is 1. The molecule has 1 saturated heterocycles. The van der Waals surface area contributed by atoms with Gasteiger partial charge in [-0.05, 0) is 6.42 Å². The van der Waals surface area contributed by atoms with Crippen molar-refractivity contribution in [1.82, 2.24) is 10.2 Å². The summed E-state index contributed by atoms with van der Waals surface area (Å²) in [5, 5.41) is 2.76. The van der Waals surface area contributed by atoms with E-state index in [0.29, 0.717) is 39.3 Å². The summed E-state index contributed by atoms with van der Waals surface area (Å²) in [4.78, 5) is 23.9. The van der Waals surface area contributed by atoms with Crippen LogP contribution in [-0.2, 0) is 14.3 Å². The Balaban J connectivity index is 2.03. The average molecular weight is 230 g/mol. The third kappa shape index (κ3) is 4.48. The first kappa shape index (κ1) is 12.8. The Labute approximate surface area is 94.9 Å². The number of amides is 2. The quantitative estimate of drug-likeness (QED) is 0.624. The highest BCUT2D eigenvalue weighted by molar-refractivity contribution is 5.77. The molecule has 1 N–H and O–H groups in total. The van der Waals surface area contributed by atoms with Crippen molar-refractivity contribution >= 4 is 12.0 Å². The molecule has 0 spiro atoms. The van der Waals surface area contributed by atoms with Crippen molar-refractivity contribution in [2.24, 2.45) is 0 Å². The Morgan fingerprint density at radius 2 is 2.44 bits per heavy atom. The van der Waals surface area contributed by atoms with Crippen LogP contribution in [0.3, 0.4) is 0 Å². The van der Waals surface area contributed by atoms with Crippen LogP contribution in [0.4, 0.5) is 4.79 Å². The fraction of sp³-hybridized carbons (Fsp3) is 0.800. The van der Waals surface area contributed by atoms with Gasteiger partial charge in [0.1, 0.15) is 6.61 Å². The van der Waals surface area contributed by atoms with Crippen LogP contribution in [0.2, 0.25) is 0 Å². The molecular weight excluding hydrogens is 212 g/mol. The van der Waals surface area contributed by atoms with Gasteiger partial charge in [0.2, 0.25) is 5.91 Å². The summed E-state index contributed by atoms with van der Waals surface area (Å²) in [5.74, 6) is -0.0456. The third-order valence-corrected chi connectivity index (χ3v) is 2.30. The predicted molar refractivity (Wildman–Crippen MR) is 57.0 cm³/mol. The predicted octanol–water partition coefficient (Wildman–Crippen LogP) is -0.0186. The Bertz CT molecular complexity index is 245. The highest BCUT2D eigenvalue weighted by Gasteiger charge is 2.21. The Hall–Kier alpha value is -1.30. The molecule has 0 bridgehead atoms. The molecule has 16 heavy (non-hydrogen) atoms. The fourth-order valence-electron chi connectivity index (χ4n) is 1.40. The van der Waals surface area contributed by atoms with Crippen molar-refractivity contribution < 1.29 is 19.1 Å². The Morgan fingerprint density at radius 1 is 1.62 bits per heavy atom. The molecule has 1 heterocycles. The molecule has 0 unspecified atom stereocenters. The van der Waals surface area contributed by atoms with E-state index < -0.39 is 0 Å². The highest BCUT2D eigenvalue weighted by atomic mass is 16.6. The molecule has 0 atom stereocenters. The minimum atomic E-state index is -0.327. The van der Waals surface area contributed by atoms with E-state index in [9.17, 15) is 9.59 Å². The lowest BCUT2D eigenvalue weighted by molar-refractivity contribution is -0.121. The first-order chi connectivity index (χ1) is 7.74. The van der Waals surface area contributed by atoms with Crippen molar-refractivity contribution in [1.29, 1.82) is 0 Å². The molecule has 0 radical (unpaired) electrons. The normalized spacial score (nSPS) is 15.1. The maximum Gasteiger partial charge on any atom is 0.409 e. The molecule has 1 fully saturated rings. The van der Waals surface area contributed by atoms with Crippen molar-refractivity contribution in [3.8, 4) is 0 Å². The summed E-state index contributed by atoms with van der Waals surface area (Å²) in [6.07, 6.45) is 0.794. The van der Waals surface area contributed by atoms with Crippen LogP contribution in [0.15, 0.2) is 0 Å².